The van der Waals surface area contributed by atoms with E-state index in [1.807, 2.05) is 24.3 Å². The molecule has 0 saturated carbocycles. The summed E-state index contributed by atoms with van der Waals surface area (Å²) in [6.45, 7) is -0.318. The number of halogens is 2. The zero-order chi connectivity index (χ0) is 29.5. The number of ether oxygens (including phenoxy) is 2. The number of benzene rings is 3. The topological polar surface area (TPSA) is 117 Å². The molecule has 0 aliphatic carbocycles. The van der Waals surface area contributed by atoms with Crippen molar-refractivity contribution in [3.63, 3.8) is 0 Å². The summed E-state index contributed by atoms with van der Waals surface area (Å²) in [5, 5.41) is 23.6. The predicted octanol–water partition coefficient (Wildman–Crippen LogP) is 4.22. The Morgan fingerprint density at radius 3 is 2.43 bits per heavy atom. The number of ketones is 1. The highest BCUT2D eigenvalue weighted by Gasteiger charge is 2.34. The molecule has 10 nitrogen and oxygen atoms in total. The molecule has 1 N–H and O–H groups in total. The highest BCUT2D eigenvalue weighted by atomic mass is 19.1. The van der Waals surface area contributed by atoms with Crippen molar-refractivity contribution in [3.8, 4) is 11.5 Å². The minimum atomic E-state index is -1.85. The van der Waals surface area contributed by atoms with Crippen molar-refractivity contribution in [1.82, 2.24) is 29.8 Å². The van der Waals surface area contributed by atoms with Crippen LogP contribution in [0.15, 0.2) is 91.7 Å². The van der Waals surface area contributed by atoms with E-state index >= 15 is 0 Å². The number of carbonyl (C=O) groups excluding carboxylic acids is 1. The molecular formula is C30H26F2N6O4. The fourth-order valence-corrected chi connectivity index (χ4v) is 4.28. The summed E-state index contributed by atoms with van der Waals surface area (Å²) in [5.74, 6) is -0.573. The lowest BCUT2D eigenvalue weighted by atomic mass is 9.93. The number of carbonyl (C=O) groups is 1. The minimum absolute atomic E-state index is 0.0527. The smallest absolute Gasteiger partial charge is 0.185 e. The van der Waals surface area contributed by atoms with Gasteiger partial charge in [-0.2, -0.15) is 5.10 Å². The molecule has 1 unspecified atom stereocenters. The molecule has 2 heterocycles. The molecule has 0 radical (unpaired) electrons. The summed E-state index contributed by atoms with van der Waals surface area (Å²) < 4.78 is 41.8. The van der Waals surface area contributed by atoms with Crippen molar-refractivity contribution in [2.45, 2.75) is 25.3 Å². The Kier molecular flexibility index (Phi) is 8.44. The van der Waals surface area contributed by atoms with E-state index in [1.54, 1.807) is 43.6 Å². The third-order valence-electron chi connectivity index (χ3n) is 6.40. The number of hydrogen-bond acceptors (Lipinski definition) is 8. The van der Waals surface area contributed by atoms with Gasteiger partial charge < -0.3 is 14.6 Å². The maximum absolute atomic E-state index is 14.7. The molecule has 0 bridgehead atoms. The van der Waals surface area contributed by atoms with Crippen LogP contribution >= 0.6 is 0 Å². The van der Waals surface area contributed by atoms with Crippen LogP contribution in [0.25, 0.3) is 6.08 Å². The lowest BCUT2D eigenvalue weighted by molar-refractivity contribution is -0.00892. The van der Waals surface area contributed by atoms with Crippen LogP contribution in [-0.4, -0.2) is 47.8 Å². The van der Waals surface area contributed by atoms with Crippen LogP contribution in [0.3, 0.4) is 0 Å². The van der Waals surface area contributed by atoms with Gasteiger partial charge in [-0.05, 0) is 54.1 Å². The second kappa shape index (κ2) is 12.5. The summed E-state index contributed by atoms with van der Waals surface area (Å²) in [4.78, 5) is 16.4. The molecule has 5 aromatic rings. The average molecular weight is 573 g/mol. The molecular weight excluding hydrogens is 546 g/mol. The Bertz CT molecular complexity index is 1670. The molecule has 0 aliphatic rings. The van der Waals surface area contributed by atoms with E-state index in [0.717, 1.165) is 17.4 Å². The molecule has 42 heavy (non-hydrogen) atoms. The Hall–Kier alpha value is -5.23. The minimum Gasteiger partial charge on any atom is -0.497 e. The van der Waals surface area contributed by atoms with E-state index < -0.39 is 17.2 Å². The van der Waals surface area contributed by atoms with E-state index in [0.29, 0.717) is 23.1 Å². The zero-order valence-electron chi connectivity index (χ0n) is 22.5. The number of methoxy groups -OCH3 is 1. The quantitative estimate of drug-likeness (QED) is 0.175. The SMILES string of the molecule is COc1ccc(C=CC(=O)c2ccc(OCc3cn(CC(O)(Cn4cncn4)c4ccc(F)cc4F)nn3)cc2)cc1. The number of aliphatic hydroxyl groups is 1. The van der Waals surface area contributed by atoms with Gasteiger partial charge in [0.1, 0.15) is 53.7 Å². The van der Waals surface area contributed by atoms with E-state index in [2.05, 4.69) is 20.4 Å². The Morgan fingerprint density at radius 1 is 1.00 bits per heavy atom. The highest BCUT2D eigenvalue weighted by Crippen LogP contribution is 2.28. The summed E-state index contributed by atoms with van der Waals surface area (Å²) in [6, 6.07) is 17.0. The van der Waals surface area contributed by atoms with E-state index in [9.17, 15) is 18.7 Å². The van der Waals surface area contributed by atoms with Gasteiger partial charge in [-0.3, -0.25) is 4.79 Å². The third-order valence-corrected chi connectivity index (χ3v) is 6.40. The normalized spacial score (nSPS) is 12.8. The first kappa shape index (κ1) is 28.3. The first-order valence-electron chi connectivity index (χ1n) is 12.8. The molecule has 0 aliphatic heterocycles. The zero-order valence-corrected chi connectivity index (χ0v) is 22.5. The fourth-order valence-electron chi connectivity index (χ4n) is 4.28. The van der Waals surface area contributed by atoms with Crippen molar-refractivity contribution in [3.05, 3.63) is 126 Å². The van der Waals surface area contributed by atoms with Crippen molar-refractivity contribution >= 4 is 11.9 Å². The van der Waals surface area contributed by atoms with Crippen LogP contribution in [0, 0.1) is 11.6 Å². The van der Waals surface area contributed by atoms with Gasteiger partial charge in [0.2, 0.25) is 0 Å². The Labute approximate surface area is 239 Å². The van der Waals surface area contributed by atoms with Gasteiger partial charge in [-0.25, -0.2) is 23.1 Å². The van der Waals surface area contributed by atoms with Gasteiger partial charge in [0.25, 0.3) is 0 Å². The summed E-state index contributed by atoms with van der Waals surface area (Å²) in [7, 11) is 1.59. The first-order valence-corrected chi connectivity index (χ1v) is 12.8. The van der Waals surface area contributed by atoms with Crippen molar-refractivity contribution in [2.24, 2.45) is 0 Å². The summed E-state index contributed by atoms with van der Waals surface area (Å²) >= 11 is 0. The summed E-state index contributed by atoms with van der Waals surface area (Å²) in [6.07, 6.45) is 7.44. The van der Waals surface area contributed by atoms with Gasteiger partial charge >= 0.3 is 0 Å². The second-order valence-corrected chi connectivity index (χ2v) is 9.44. The predicted molar refractivity (Wildman–Crippen MR) is 147 cm³/mol. The molecule has 0 saturated heterocycles. The van der Waals surface area contributed by atoms with Crippen molar-refractivity contribution in [2.75, 3.05) is 7.11 Å². The van der Waals surface area contributed by atoms with Crippen LogP contribution in [0.2, 0.25) is 0 Å². The number of hydrogen-bond donors (Lipinski definition) is 1. The number of allylic oxidation sites excluding steroid dienone is 1. The maximum Gasteiger partial charge on any atom is 0.185 e. The van der Waals surface area contributed by atoms with Crippen molar-refractivity contribution < 1.29 is 28.2 Å². The molecule has 0 spiro atoms. The van der Waals surface area contributed by atoms with Crippen LogP contribution in [0.5, 0.6) is 11.5 Å². The van der Waals surface area contributed by atoms with Gasteiger partial charge in [-0.1, -0.05) is 29.5 Å². The maximum atomic E-state index is 14.7. The molecule has 3 aromatic carbocycles. The lowest BCUT2D eigenvalue weighted by Gasteiger charge is -2.28. The van der Waals surface area contributed by atoms with Gasteiger partial charge in [-0.15, -0.1) is 5.10 Å². The molecule has 1 atom stereocenters. The van der Waals surface area contributed by atoms with Crippen molar-refractivity contribution in [1.29, 1.82) is 0 Å². The average Bonchev–Trinajstić information content (AvgIpc) is 3.67. The van der Waals surface area contributed by atoms with Crippen LogP contribution in [-0.2, 0) is 25.3 Å². The van der Waals surface area contributed by atoms with Gasteiger partial charge in [0.05, 0.1) is 26.4 Å². The van der Waals surface area contributed by atoms with E-state index in [1.165, 1.54) is 34.2 Å². The lowest BCUT2D eigenvalue weighted by Crippen LogP contribution is -2.37. The first-order chi connectivity index (χ1) is 20.3. The standard InChI is InChI=1S/C30H26F2N6O4/c1-41-25-8-2-21(3-9-25)4-13-29(39)22-5-10-26(11-6-22)42-16-24-15-37(36-35-24)17-30(40,18-38-20-33-19-34-38)27-12-7-23(31)14-28(27)32/h2-15,19-20,40H,16-18H2,1H3. The Balaban J connectivity index is 1.21. The third kappa shape index (κ3) is 6.91. The number of nitrogens with zero attached hydrogens (tertiary/aromatic N) is 6. The molecule has 2 aromatic heterocycles. The fraction of sp³-hybridized carbons (Fsp3) is 0.167. The summed E-state index contributed by atoms with van der Waals surface area (Å²) in [5.41, 5.74) is -0.155. The second-order valence-electron chi connectivity index (χ2n) is 9.44. The molecule has 214 valence electrons. The highest BCUT2D eigenvalue weighted by molar-refractivity contribution is 6.06. The largest absolute Gasteiger partial charge is 0.497 e. The van der Waals surface area contributed by atoms with Crippen LogP contribution in [0.4, 0.5) is 8.78 Å². The number of rotatable bonds is 12. The molecule has 0 fully saturated rings. The van der Waals surface area contributed by atoms with Gasteiger partial charge in [0.15, 0.2) is 5.78 Å². The monoisotopic (exact) mass is 572 g/mol. The molecule has 12 heteroatoms. The van der Waals surface area contributed by atoms with Crippen LogP contribution in [0.1, 0.15) is 27.2 Å². The van der Waals surface area contributed by atoms with Crippen LogP contribution < -0.4 is 9.47 Å². The Morgan fingerprint density at radius 2 is 1.74 bits per heavy atom. The molecule has 0 amide bonds. The number of aromatic nitrogens is 6. The molecule has 5 rings (SSSR count). The van der Waals surface area contributed by atoms with E-state index in [4.69, 9.17) is 9.47 Å². The van der Waals surface area contributed by atoms with E-state index in [-0.39, 0.29) is 31.0 Å². The van der Waals surface area contributed by atoms with Gasteiger partial charge in [0, 0.05) is 17.2 Å².